The molecule has 25 heavy (non-hydrogen) atoms. The Morgan fingerprint density at radius 3 is 2.40 bits per heavy atom. The quantitative estimate of drug-likeness (QED) is 0.593. The smallest absolute Gasteiger partial charge is 0.252 e. The summed E-state index contributed by atoms with van der Waals surface area (Å²) in [5.41, 5.74) is 3.54. The fourth-order valence-electron chi connectivity index (χ4n) is 2.94. The van der Waals surface area contributed by atoms with Crippen molar-refractivity contribution >= 4 is 16.8 Å². The first-order valence-corrected chi connectivity index (χ1v) is 8.15. The van der Waals surface area contributed by atoms with Crippen molar-refractivity contribution in [2.24, 2.45) is 0 Å². The van der Waals surface area contributed by atoms with Crippen molar-refractivity contribution in [3.8, 4) is 0 Å². The van der Waals surface area contributed by atoms with Crippen molar-refractivity contribution in [3.63, 3.8) is 0 Å². The third kappa shape index (κ3) is 3.15. The molecule has 0 bridgehead atoms. The van der Waals surface area contributed by atoms with Crippen molar-refractivity contribution in [1.29, 1.82) is 0 Å². The summed E-state index contributed by atoms with van der Waals surface area (Å²) in [6, 6.07) is 22.9. The van der Waals surface area contributed by atoms with Crippen LogP contribution < -0.4 is 5.32 Å². The van der Waals surface area contributed by atoms with Gasteiger partial charge in [0.05, 0.1) is 17.8 Å². The number of hydrogen-bond acceptors (Lipinski definition) is 2. The SMILES string of the molecule is O=C(NC(c1ccccc1)c1cc2ccncc2[nH]1)c1ccccc1. The van der Waals surface area contributed by atoms with E-state index in [0.717, 1.165) is 22.2 Å². The first-order chi connectivity index (χ1) is 12.3. The van der Waals surface area contributed by atoms with Gasteiger partial charge in [-0.05, 0) is 29.8 Å². The molecule has 0 radical (unpaired) electrons. The molecule has 1 atom stereocenters. The van der Waals surface area contributed by atoms with Crippen LogP contribution in [0, 0.1) is 0 Å². The fraction of sp³-hybridized carbons (Fsp3) is 0.0476. The van der Waals surface area contributed by atoms with E-state index >= 15 is 0 Å². The lowest BCUT2D eigenvalue weighted by molar-refractivity contribution is 0.0942. The van der Waals surface area contributed by atoms with Crippen LogP contribution >= 0.6 is 0 Å². The first kappa shape index (κ1) is 15.1. The second kappa shape index (κ2) is 6.61. The molecule has 0 fully saturated rings. The summed E-state index contributed by atoms with van der Waals surface area (Å²) in [5, 5.41) is 4.21. The Balaban J connectivity index is 1.73. The molecule has 1 unspecified atom stereocenters. The molecule has 4 nitrogen and oxygen atoms in total. The van der Waals surface area contributed by atoms with Crippen LogP contribution in [0.5, 0.6) is 0 Å². The summed E-state index contributed by atoms with van der Waals surface area (Å²) < 4.78 is 0. The highest BCUT2D eigenvalue weighted by Crippen LogP contribution is 2.25. The Hall–Kier alpha value is -3.40. The molecule has 0 aliphatic carbocycles. The van der Waals surface area contributed by atoms with Crippen LogP contribution in [0.2, 0.25) is 0 Å². The largest absolute Gasteiger partial charge is 0.355 e. The number of aromatic amines is 1. The second-order valence-corrected chi connectivity index (χ2v) is 5.87. The maximum Gasteiger partial charge on any atom is 0.252 e. The highest BCUT2D eigenvalue weighted by molar-refractivity contribution is 5.94. The number of hydrogen-bond donors (Lipinski definition) is 2. The number of benzene rings is 2. The van der Waals surface area contributed by atoms with E-state index in [0.29, 0.717) is 5.56 Å². The highest BCUT2D eigenvalue weighted by atomic mass is 16.1. The van der Waals surface area contributed by atoms with Gasteiger partial charge in [0, 0.05) is 22.8 Å². The lowest BCUT2D eigenvalue weighted by atomic mass is 10.0. The van der Waals surface area contributed by atoms with Crippen LogP contribution in [0.25, 0.3) is 10.9 Å². The van der Waals surface area contributed by atoms with E-state index in [2.05, 4.69) is 21.4 Å². The van der Waals surface area contributed by atoms with Gasteiger partial charge in [-0.1, -0.05) is 48.5 Å². The maximum absolute atomic E-state index is 12.7. The third-order valence-corrected chi connectivity index (χ3v) is 4.20. The topological polar surface area (TPSA) is 57.8 Å². The average molecular weight is 327 g/mol. The Kier molecular flexibility index (Phi) is 4.01. The number of H-pyrrole nitrogens is 1. The van der Waals surface area contributed by atoms with Crippen LogP contribution in [0.4, 0.5) is 0 Å². The molecule has 0 saturated carbocycles. The Morgan fingerprint density at radius 2 is 1.68 bits per heavy atom. The Morgan fingerprint density at radius 1 is 0.960 bits per heavy atom. The van der Waals surface area contributed by atoms with Crippen LogP contribution in [0.1, 0.15) is 27.7 Å². The molecule has 4 rings (SSSR count). The number of fused-ring (bicyclic) bond motifs is 1. The molecule has 0 aliphatic heterocycles. The minimum Gasteiger partial charge on any atom is -0.355 e. The van der Waals surface area contributed by atoms with E-state index in [-0.39, 0.29) is 11.9 Å². The lowest BCUT2D eigenvalue weighted by Gasteiger charge is -2.18. The number of pyridine rings is 1. The molecule has 2 aromatic heterocycles. The van der Waals surface area contributed by atoms with E-state index in [1.807, 2.05) is 66.7 Å². The summed E-state index contributed by atoms with van der Waals surface area (Å²) >= 11 is 0. The van der Waals surface area contributed by atoms with Crippen LogP contribution in [-0.4, -0.2) is 15.9 Å². The fourth-order valence-corrected chi connectivity index (χ4v) is 2.94. The molecule has 4 aromatic rings. The lowest BCUT2D eigenvalue weighted by Crippen LogP contribution is -2.29. The van der Waals surface area contributed by atoms with Gasteiger partial charge >= 0.3 is 0 Å². The zero-order valence-corrected chi connectivity index (χ0v) is 13.5. The molecule has 2 N–H and O–H groups in total. The van der Waals surface area contributed by atoms with Crippen LogP contribution in [0.15, 0.2) is 85.2 Å². The molecule has 0 aliphatic rings. The summed E-state index contributed by atoms with van der Waals surface area (Å²) in [6.07, 6.45) is 3.56. The van der Waals surface area contributed by atoms with Crippen molar-refractivity contribution < 1.29 is 4.79 Å². The molecule has 1 amide bonds. The standard InChI is InChI=1S/C21H17N3O/c25-21(16-9-5-2-6-10-16)24-20(15-7-3-1-4-8-15)18-13-17-11-12-22-14-19(17)23-18/h1-14,20,23H,(H,24,25). The van der Waals surface area contributed by atoms with Crippen molar-refractivity contribution in [3.05, 3.63) is 102 Å². The van der Waals surface area contributed by atoms with Gasteiger partial charge in [0.1, 0.15) is 0 Å². The number of nitrogens with one attached hydrogen (secondary N) is 2. The predicted octanol–water partition coefficient (Wildman–Crippen LogP) is 4.08. The number of carbonyl (C=O) groups is 1. The average Bonchev–Trinajstić information content (AvgIpc) is 3.11. The van der Waals surface area contributed by atoms with E-state index < -0.39 is 0 Å². The van der Waals surface area contributed by atoms with Gasteiger partial charge in [-0.2, -0.15) is 0 Å². The van der Waals surface area contributed by atoms with Gasteiger partial charge in [-0.25, -0.2) is 0 Å². The van der Waals surface area contributed by atoms with Crippen LogP contribution in [0.3, 0.4) is 0 Å². The minimum absolute atomic E-state index is 0.105. The molecule has 4 heteroatoms. The van der Waals surface area contributed by atoms with Gasteiger partial charge in [-0.15, -0.1) is 0 Å². The Bertz CT molecular complexity index is 960. The zero-order chi connectivity index (χ0) is 17.1. The molecular weight excluding hydrogens is 310 g/mol. The van der Waals surface area contributed by atoms with Crippen molar-refractivity contribution in [1.82, 2.24) is 15.3 Å². The highest BCUT2D eigenvalue weighted by Gasteiger charge is 2.19. The van der Waals surface area contributed by atoms with Crippen molar-refractivity contribution in [2.75, 3.05) is 0 Å². The maximum atomic E-state index is 12.7. The van der Waals surface area contributed by atoms with E-state index in [1.54, 1.807) is 12.4 Å². The van der Waals surface area contributed by atoms with Crippen LogP contribution in [-0.2, 0) is 0 Å². The minimum atomic E-state index is -0.263. The number of amides is 1. The number of aromatic nitrogens is 2. The van der Waals surface area contributed by atoms with Gasteiger partial charge in [0.15, 0.2) is 0 Å². The number of carbonyl (C=O) groups excluding carboxylic acids is 1. The van der Waals surface area contributed by atoms with Gasteiger partial charge in [0.25, 0.3) is 5.91 Å². The Labute approximate surface area is 145 Å². The van der Waals surface area contributed by atoms with E-state index in [9.17, 15) is 4.79 Å². The summed E-state index contributed by atoms with van der Waals surface area (Å²) in [6.45, 7) is 0. The van der Waals surface area contributed by atoms with Gasteiger partial charge in [-0.3, -0.25) is 9.78 Å². The van der Waals surface area contributed by atoms with Gasteiger partial charge in [0.2, 0.25) is 0 Å². The summed E-state index contributed by atoms with van der Waals surface area (Å²) in [5.74, 6) is -0.105. The van der Waals surface area contributed by atoms with E-state index in [4.69, 9.17) is 0 Å². The summed E-state index contributed by atoms with van der Waals surface area (Å²) in [7, 11) is 0. The van der Waals surface area contributed by atoms with Crippen molar-refractivity contribution in [2.45, 2.75) is 6.04 Å². The molecular formula is C21H17N3O. The summed E-state index contributed by atoms with van der Waals surface area (Å²) in [4.78, 5) is 20.2. The molecule has 2 aromatic carbocycles. The zero-order valence-electron chi connectivity index (χ0n) is 13.5. The third-order valence-electron chi connectivity index (χ3n) is 4.20. The molecule has 2 heterocycles. The first-order valence-electron chi connectivity index (χ1n) is 8.15. The number of nitrogens with zero attached hydrogens (tertiary/aromatic N) is 1. The number of rotatable bonds is 4. The molecule has 0 saturated heterocycles. The molecule has 122 valence electrons. The predicted molar refractivity (Wildman–Crippen MR) is 98.3 cm³/mol. The second-order valence-electron chi connectivity index (χ2n) is 5.87. The monoisotopic (exact) mass is 327 g/mol. The normalized spacial score (nSPS) is 12.0. The van der Waals surface area contributed by atoms with Gasteiger partial charge < -0.3 is 10.3 Å². The van der Waals surface area contributed by atoms with E-state index in [1.165, 1.54) is 0 Å². The molecule has 0 spiro atoms.